The molecule has 0 amide bonds. The molecule has 0 aliphatic heterocycles. The number of carbonyl (C=O) groups is 1. The molecule has 0 aliphatic carbocycles. The second-order valence-corrected chi connectivity index (χ2v) is 13.3. The lowest BCUT2D eigenvalue weighted by Crippen LogP contribution is -2.09. The molecule has 0 saturated heterocycles. The van der Waals surface area contributed by atoms with Gasteiger partial charge in [-0.3, -0.25) is 8.80 Å². The average molecular weight is 787 g/mol. The number of hydrogen-bond acceptors (Lipinski definition) is 8. The van der Waals surface area contributed by atoms with E-state index >= 15 is 0 Å². The number of aromatic nitrogens is 4. The summed E-state index contributed by atoms with van der Waals surface area (Å²) in [4.78, 5) is 22.0. The smallest absolute Gasteiger partial charge is 0.341 e. The van der Waals surface area contributed by atoms with Gasteiger partial charge >= 0.3 is 5.97 Å². The lowest BCUT2D eigenvalue weighted by atomic mass is 9.96. The standard InChI is InChI=1S/C49H31FN6O4/c1-58-49(57)40-11-2-3-12-45(40)59-31-41-44(56-24-7-4-13-46(56)53-41)22-18-34-25-36(30-52)28-38(26-34)48(37-10-8-9-35(27-37)29-51)60-32-42-43(55-23-6-5-14-47(55)54-42)21-17-33-15-19-39(50)20-16-33/h2-16,19-20,23-28,48H,31-32H2,1H3. The highest BCUT2D eigenvalue weighted by molar-refractivity contribution is 5.92. The summed E-state index contributed by atoms with van der Waals surface area (Å²) in [5.41, 5.74) is 7.09. The van der Waals surface area contributed by atoms with Crippen molar-refractivity contribution in [2.24, 2.45) is 0 Å². The maximum absolute atomic E-state index is 13.6. The number of rotatable bonds is 9. The van der Waals surface area contributed by atoms with Crippen molar-refractivity contribution in [1.29, 1.82) is 10.5 Å². The number of imidazole rings is 2. The molecule has 8 aromatic rings. The molecule has 0 saturated carbocycles. The molecular weight excluding hydrogens is 756 g/mol. The molecule has 0 spiro atoms. The zero-order valence-corrected chi connectivity index (χ0v) is 32.0. The van der Waals surface area contributed by atoms with Gasteiger partial charge in [0.1, 0.15) is 63.9 Å². The zero-order chi connectivity index (χ0) is 41.4. The van der Waals surface area contributed by atoms with Crippen molar-refractivity contribution in [1.82, 2.24) is 18.8 Å². The van der Waals surface area contributed by atoms with E-state index in [-0.39, 0.29) is 24.6 Å². The quantitative estimate of drug-likeness (QED) is 0.106. The van der Waals surface area contributed by atoms with Crippen LogP contribution in [0.1, 0.15) is 72.6 Å². The van der Waals surface area contributed by atoms with E-state index < -0.39 is 12.1 Å². The summed E-state index contributed by atoms with van der Waals surface area (Å²) < 4.78 is 35.1. The van der Waals surface area contributed by atoms with E-state index in [0.717, 1.165) is 0 Å². The van der Waals surface area contributed by atoms with Crippen molar-refractivity contribution in [2.75, 3.05) is 7.11 Å². The highest BCUT2D eigenvalue weighted by Crippen LogP contribution is 2.30. The monoisotopic (exact) mass is 786 g/mol. The Labute approximate surface area is 344 Å². The first-order chi connectivity index (χ1) is 29.4. The fourth-order valence-corrected chi connectivity index (χ4v) is 6.63. The van der Waals surface area contributed by atoms with Crippen LogP contribution in [-0.4, -0.2) is 31.8 Å². The molecule has 60 heavy (non-hydrogen) atoms. The van der Waals surface area contributed by atoms with Crippen LogP contribution in [0.4, 0.5) is 4.39 Å². The summed E-state index contributed by atoms with van der Waals surface area (Å²) in [7, 11) is 1.31. The molecule has 0 N–H and O–H groups in total. The third-order valence-electron chi connectivity index (χ3n) is 9.45. The Morgan fingerprint density at radius 3 is 1.95 bits per heavy atom. The first-order valence-electron chi connectivity index (χ1n) is 18.6. The first kappa shape index (κ1) is 38.4. The summed E-state index contributed by atoms with van der Waals surface area (Å²) in [6, 6.07) is 40.8. The highest BCUT2D eigenvalue weighted by Gasteiger charge is 2.21. The van der Waals surface area contributed by atoms with Gasteiger partial charge in [-0.15, -0.1) is 0 Å². The number of ether oxygens (including phenoxy) is 3. The van der Waals surface area contributed by atoms with Crippen molar-refractivity contribution >= 4 is 17.3 Å². The minimum Gasteiger partial charge on any atom is -0.486 e. The molecule has 0 radical (unpaired) electrons. The highest BCUT2D eigenvalue weighted by atomic mass is 19.1. The molecule has 1 atom stereocenters. The lowest BCUT2D eigenvalue weighted by molar-refractivity contribution is 0.0595. The van der Waals surface area contributed by atoms with Gasteiger partial charge in [-0.05, 0) is 114 Å². The number of halogens is 1. The third kappa shape index (κ3) is 8.30. The number of fused-ring (bicyclic) bond motifs is 2. The molecule has 288 valence electrons. The van der Waals surface area contributed by atoms with Crippen molar-refractivity contribution < 1.29 is 23.4 Å². The molecule has 4 aromatic carbocycles. The van der Waals surface area contributed by atoms with Crippen LogP contribution in [0.15, 0.2) is 140 Å². The van der Waals surface area contributed by atoms with Crippen molar-refractivity contribution in [3.05, 3.63) is 207 Å². The van der Waals surface area contributed by atoms with Crippen LogP contribution in [0.3, 0.4) is 0 Å². The number of pyridine rings is 2. The van der Waals surface area contributed by atoms with E-state index in [1.165, 1.54) is 19.2 Å². The van der Waals surface area contributed by atoms with Crippen molar-refractivity contribution in [3.63, 3.8) is 0 Å². The molecule has 8 rings (SSSR count). The van der Waals surface area contributed by atoms with E-state index in [9.17, 15) is 19.7 Å². The number of para-hydroxylation sites is 1. The van der Waals surface area contributed by atoms with Gasteiger partial charge in [-0.2, -0.15) is 10.5 Å². The normalized spacial score (nSPS) is 11.1. The van der Waals surface area contributed by atoms with Gasteiger partial charge in [-0.1, -0.05) is 48.2 Å². The Morgan fingerprint density at radius 1 is 0.650 bits per heavy atom. The Morgan fingerprint density at radius 2 is 1.27 bits per heavy atom. The fourth-order valence-electron chi connectivity index (χ4n) is 6.63. The number of benzene rings is 4. The molecule has 1 unspecified atom stereocenters. The molecule has 0 aliphatic rings. The molecule has 10 nitrogen and oxygen atoms in total. The van der Waals surface area contributed by atoms with Crippen molar-refractivity contribution in [3.8, 4) is 41.6 Å². The predicted molar refractivity (Wildman–Crippen MR) is 220 cm³/mol. The summed E-state index contributed by atoms with van der Waals surface area (Å²) >= 11 is 0. The van der Waals surface area contributed by atoms with Gasteiger partial charge in [0, 0.05) is 23.5 Å². The van der Waals surface area contributed by atoms with Crippen LogP contribution in [0.2, 0.25) is 0 Å². The molecular formula is C49H31FN6O4. The van der Waals surface area contributed by atoms with E-state index in [1.54, 1.807) is 66.7 Å². The molecule has 4 heterocycles. The van der Waals surface area contributed by atoms with Crippen LogP contribution >= 0.6 is 0 Å². The summed E-state index contributed by atoms with van der Waals surface area (Å²) in [6.45, 7) is 0.0201. The second-order valence-electron chi connectivity index (χ2n) is 13.3. The van der Waals surface area contributed by atoms with Gasteiger partial charge in [0.15, 0.2) is 0 Å². The minimum atomic E-state index is -0.760. The molecule has 0 bridgehead atoms. The van der Waals surface area contributed by atoms with Crippen molar-refractivity contribution in [2.45, 2.75) is 19.3 Å². The number of methoxy groups -OCH3 is 1. The lowest BCUT2D eigenvalue weighted by Gasteiger charge is -2.20. The second kappa shape index (κ2) is 17.3. The Balaban J connectivity index is 1.16. The van der Waals surface area contributed by atoms with Gasteiger partial charge < -0.3 is 14.2 Å². The number of nitrogens with zero attached hydrogens (tertiary/aromatic N) is 6. The average Bonchev–Trinajstić information content (AvgIpc) is 3.84. The van der Waals surface area contributed by atoms with Crippen LogP contribution in [0.5, 0.6) is 5.75 Å². The molecule has 4 aromatic heterocycles. The van der Waals surface area contributed by atoms with Gasteiger partial charge in [-0.25, -0.2) is 19.2 Å². The Hall–Kier alpha value is -8.48. The van der Waals surface area contributed by atoms with Crippen LogP contribution in [0.25, 0.3) is 11.3 Å². The predicted octanol–water partition coefficient (Wildman–Crippen LogP) is 8.34. The molecule has 11 heteroatoms. The van der Waals surface area contributed by atoms with Gasteiger partial charge in [0.2, 0.25) is 0 Å². The summed E-state index contributed by atoms with van der Waals surface area (Å²) in [5, 5.41) is 20.0. The molecule has 0 fully saturated rings. The van der Waals surface area contributed by atoms with Crippen LogP contribution in [-0.2, 0) is 22.7 Å². The van der Waals surface area contributed by atoms with E-state index in [2.05, 4.69) is 35.8 Å². The first-order valence-corrected chi connectivity index (χ1v) is 18.6. The third-order valence-corrected chi connectivity index (χ3v) is 9.45. The zero-order valence-electron chi connectivity index (χ0n) is 32.0. The van der Waals surface area contributed by atoms with Gasteiger partial charge in [0.25, 0.3) is 0 Å². The fraction of sp³-hybridized carbons (Fsp3) is 0.0816. The van der Waals surface area contributed by atoms with Crippen LogP contribution in [0, 0.1) is 52.2 Å². The summed E-state index contributed by atoms with van der Waals surface area (Å²) in [5.74, 6) is 12.3. The largest absolute Gasteiger partial charge is 0.486 e. The maximum atomic E-state index is 13.6. The minimum absolute atomic E-state index is 0.00760. The van der Waals surface area contributed by atoms with E-state index in [4.69, 9.17) is 24.2 Å². The topological polar surface area (TPSA) is 127 Å². The van der Waals surface area contributed by atoms with Crippen LogP contribution < -0.4 is 4.74 Å². The summed E-state index contributed by atoms with van der Waals surface area (Å²) in [6.07, 6.45) is 2.95. The van der Waals surface area contributed by atoms with Gasteiger partial charge in [0.05, 0.1) is 37.0 Å². The number of hydrogen-bond donors (Lipinski definition) is 0. The van der Waals surface area contributed by atoms with E-state index in [0.29, 0.717) is 73.2 Å². The Bertz CT molecular complexity index is 3130. The number of esters is 1. The number of nitriles is 2. The number of carbonyl (C=O) groups excluding carboxylic acids is 1. The maximum Gasteiger partial charge on any atom is 0.341 e. The van der Waals surface area contributed by atoms with E-state index in [1.807, 2.05) is 69.7 Å². The SMILES string of the molecule is COC(=O)c1ccccc1OCc1nc2ccccn2c1C#Cc1cc(C#N)cc(C(OCc2nc3ccccn3c2C#Cc2ccc(F)cc2)c2cccc(C#N)c2)c1. The Kier molecular flexibility index (Phi) is 11.1.